The molecule has 5 N–H and O–H groups in total. The van der Waals surface area contributed by atoms with Gasteiger partial charge in [-0.15, -0.1) is 0 Å². The number of hydrogen-bond donors (Lipinski definition) is 5. The van der Waals surface area contributed by atoms with Gasteiger partial charge in [0.05, 0.1) is 11.9 Å². The lowest BCUT2D eigenvalue weighted by Gasteiger charge is -2.42. The highest BCUT2D eigenvalue weighted by molar-refractivity contribution is 9.09. The molecule has 5 atom stereocenters. The third kappa shape index (κ3) is 10.4. The normalized spacial score (nSPS) is 27.5. The molecule has 3 unspecified atom stereocenters. The smallest absolute Gasteiger partial charge is 0.346 e. The molecule has 2 amide bonds. The summed E-state index contributed by atoms with van der Waals surface area (Å²) in [5.41, 5.74) is 0. The van der Waals surface area contributed by atoms with Crippen LogP contribution in [0, 0.1) is 5.92 Å². The molecular formula is C10H17BrN2O15S3. The molecule has 21 heteroatoms. The molecule has 182 valence electrons. The van der Waals surface area contributed by atoms with E-state index in [1.807, 2.05) is 5.32 Å². The number of alkyl halides is 1. The van der Waals surface area contributed by atoms with E-state index in [1.54, 1.807) is 0 Å². The van der Waals surface area contributed by atoms with E-state index in [4.69, 9.17) is 18.4 Å². The molecule has 1 heterocycles. The Morgan fingerprint density at radius 1 is 0.903 bits per heavy atom. The van der Waals surface area contributed by atoms with Crippen LogP contribution in [0.15, 0.2) is 0 Å². The van der Waals surface area contributed by atoms with Crippen molar-refractivity contribution in [3.63, 3.8) is 0 Å². The predicted octanol–water partition coefficient (Wildman–Crippen LogP) is -2.87. The van der Waals surface area contributed by atoms with Gasteiger partial charge in [0.25, 0.3) is 0 Å². The van der Waals surface area contributed by atoms with Crippen molar-refractivity contribution in [3.8, 4) is 0 Å². The lowest BCUT2D eigenvalue weighted by Crippen LogP contribution is -2.63. The van der Waals surface area contributed by atoms with E-state index in [0.29, 0.717) is 0 Å². The van der Waals surface area contributed by atoms with Gasteiger partial charge in [0.15, 0.2) is 18.6 Å². The van der Waals surface area contributed by atoms with E-state index in [9.17, 15) is 34.8 Å². The number of halogens is 1. The van der Waals surface area contributed by atoms with Gasteiger partial charge in [-0.3, -0.25) is 23.2 Å². The van der Waals surface area contributed by atoms with Crippen molar-refractivity contribution in [2.75, 3.05) is 11.9 Å². The molecule has 1 fully saturated rings. The Hall–Kier alpha value is -1.01. The van der Waals surface area contributed by atoms with Crippen molar-refractivity contribution in [1.82, 2.24) is 10.6 Å². The minimum Gasteiger partial charge on any atom is -0.346 e. The van der Waals surface area contributed by atoms with Gasteiger partial charge in [0.2, 0.25) is 11.8 Å². The van der Waals surface area contributed by atoms with Gasteiger partial charge in [0.1, 0.15) is 6.10 Å². The molecule has 0 aromatic carbocycles. The van der Waals surface area contributed by atoms with Gasteiger partial charge >= 0.3 is 31.2 Å². The molecule has 1 rings (SSSR count). The molecule has 31 heavy (non-hydrogen) atoms. The number of nitrogens with one attached hydrogen (secondary N) is 2. The summed E-state index contributed by atoms with van der Waals surface area (Å²) >= 11 is 2.81. The molecule has 0 aromatic rings. The predicted molar refractivity (Wildman–Crippen MR) is 98.2 cm³/mol. The van der Waals surface area contributed by atoms with Gasteiger partial charge in [-0.05, 0) is 0 Å². The largest absolute Gasteiger partial charge is 0.399 e. The maximum absolute atomic E-state index is 12.0. The maximum atomic E-state index is 12.0. The SMILES string of the molecule is CC1C(OS(=O)(=O)O)O[C@@H](NC(=O)CNC(=O)CBr)C(OS(=O)(=O)O)[C@@H]1OS(=O)(=O)O. The third-order valence-corrected chi connectivity index (χ3v) is 5.28. The van der Waals surface area contributed by atoms with Crippen molar-refractivity contribution in [2.45, 2.75) is 31.6 Å². The van der Waals surface area contributed by atoms with E-state index in [-0.39, 0.29) is 5.33 Å². The number of hydrogen-bond acceptors (Lipinski definition) is 12. The first kappa shape index (κ1) is 28.0. The number of ether oxygens (including phenoxy) is 1. The standard InChI is InChI=1S/C10H17BrN2O15S3/c1-4-7(26-29(16,17)18)8(27-30(19,20)21)9(25-10(4)28-31(22,23)24)13-6(15)3-12-5(14)2-11/h4,7-10H,2-3H2,1H3,(H,12,14)(H,13,15)(H,16,17,18)(H,19,20,21)(H,22,23,24)/t4?,7-,8?,9-,10?/m1/s1. The third-order valence-electron chi connectivity index (χ3n) is 3.40. The van der Waals surface area contributed by atoms with Crippen LogP contribution in [0.1, 0.15) is 6.92 Å². The lowest BCUT2D eigenvalue weighted by atomic mass is 9.95. The average Bonchev–Trinajstić information content (AvgIpc) is 2.56. The van der Waals surface area contributed by atoms with Crippen LogP contribution in [0.5, 0.6) is 0 Å². The highest BCUT2D eigenvalue weighted by atomic mass is 79.9. The zero-order valence-electron chi connectivity index (χ0n) is 15.1. The molecule has 0 bridgehead atoms. The van der Waals surface area contributed by atoms with Gasteiger partial charge in [0, 0.05) is 5.92 Å². The molecule has 0 aliphatic carbocycles. The Bertz CT molecular complexity index is 981. The fraction of sp³-hybridized carbons (Fsp3) is 0.800. The summed E-state index contributed by atoms with van der Waals surface area (Å²) < 4.78 is 111. The molecule has 1 aliphatic rings. The molecule has 0 saturated carbocycles. The summed E-state index contributed by atoms with van der Waals surface area (Å²) in [5.74, 6) is -3.34. The Kier molecular flexibility index (Phi) is 9.71. The topological polar surface area (TPSA) is 258 Å². The Morgan fingerprint density at radius 2 is 1.39 bits per heavy atom. The van der Waals surface area contributed by atoms with Crippen LogP contribution in [0.2, 0.25) is 0 Å². The van der Waals surface area contributed by atoms with Gasteiger partial charge in [-0.25, -0.2) is 12.5 Å². The second kappa shape index (κ2) is 10.7. The summed E-state index contributed by atoms with van der Waals surface area (Å²) in [4.78, 5) is 23.2. The number of carbonyl (C=O) groups is 2. The zero-order chi connectivity index (χ0) is 24.2. The highest BCUT2D eigenvalue weighted by Gasteiger charge is 2.51. The van der Waals surface area contributed by atoms with Gasteiger partial charge in [-0.1, -0.05) is 22.9 Å². The monoisotopic (exact) mass is 580 g/mol. The maximum Gasteiger partial charge on any atom is 0.399 e. The lowest BCUT2D eigenvalue weighted by molar-refractivity contribution is -0.246. The Morgan fingerprint density at radius 3 is 1.84 bits per heavy atom. The van der Waals surface area contributed by atoms with E-state index < -0.39 is 80.2 Å². The summed E-state index contributed by atoms with van der Waals surface area (Å²) in [5, 5.41) is 3.83. The minimum absolute atomic E-state index is 0.180. The molecular weight excluding hydrogens is 564 g/mol. The zero-order valence-corrected chi connectivity index (χ0v) is 19.2. The quantitative estimate of drug-likeness (QED) is 0.128. The molecule has 0 aromatic heterocycles. The van der Waals surface area contributed by atoms with Crippen LogP contribution < -0.4 is 10.6 Å². The first-order chi connectivity index (χ1) is 13.9. The highest BCUT2D eigenvalue weighted by Crippen LogP contribution is 2.32. The van der Waals surface area contributed by atoms with Crippen LogP contribution >= 0.6 is 15.9 Å². The van der Waals surface area contributed by atoms with Crippen LogP contribution in [0.3, 0.4) is 0 Å². The summed E-state index contributed by atoms with van der Waals surface area (Å²) in [6.45, 7) is 0.256. The van der Waals surface area contributed by atoms with Crippen molar-refractivity contribution < 1.29 is 65.8 Å². The van der Waals surface area contributed by atoms with Crippen molar-refractivity contribution in [1.29, 1.82) is 0 Å². The van der Waals surface area contributed by atoms with E-state index >= 15 is 0 Å². The molecule has 17 nitrogen and oxygen atoms in total. The summed E-state index contributed by atoms with van der Waals surface area (Å²) in [6, 6.07) is 0. The number of carbonyl (C=O) groups excluding carboxylic acids is 2. The fourth-order valence-corrected chi connectivity index (χ4v) is 4.00. The van der Waals surface area contributed by atoms with Crippen molar-refractivity contribution in [3.05, 3.63) is 0 Å². The Balaban J connectivity index is 3.29. The number of amides is 2. The molecule has 1 aliphatic heterocycles. The van der Waals surface area contributed by atoms with Gasteiger partial charge < -0.3 is 15.4 Å². The molecule has 1 saturated heterocycles. The summed E-state index contributed by atoms with van der Waals surface area (Å²) in [6.07, 6.45) is -8.60. The second-order valence-electron chi connectivity index (χ2n) is 5.76. The fourth-order valence-electron chi connectivity index (χ4n) is 2.28. The van der Waals surface area contributed by atoms with E-state index in [0.717, 1.165) is 6.92 Å². The Labute approximate surface area is 184 Å². The summed E-state index contributed by atoms with van der Waals surface area (Å²) in [7, 11) is -15.9. The van der Waals surface area contributed by atoms with Crippen molar-refractivity contribution in [2.24, 2.45) is 5.92 Å². The van der Waals surface area contributed by atoms with Crippen molar-refractivity contribution >= 4 is 58.9 Å². The van der Waals surface area contributed by atoms with Gasteiger partial charge in [-0.2, -0.15) is 25.3 Å². The van der Waals surface area contributed by atoms with Crippen LogP contribution in [0.4, 0.5) is 0 Å². The van der Waals surface area contributed by atoms with E-state index in [1.165, 1.54) is 0 Å². The van der Waals surface area contributed by atoms with Crippen LogP contribution in [-0.4, -0.2) is 87.3 Å². The number of rotatable bonds is 10. The van der Waals surface area contributed by atoms with E-state index in [2.05, 4.69) is 33.8 Å². The molecule has 0 spiro atoms. The first-order valence-corrected chi connectivity index (χ1v) is 12.9. The minimum atomic E-state index is -5.36. The second-order valence-corrected chi connectivity index (χ2v) is 9.47. The molecule has 0 radical (unpaired) electrons. The van der Waals surface area contributed by atoms with Crippen LogP contribution in [0.25, 0.3) is 0 Å². The van der Waals surface area contributed by atoms with Crippen LogP contribution in [-0.2, 0) is 58.1 Å². The average molecular weight is 581 g/mol. The first-order valence-electron chi connectivity index (χ1n) is 7.66.